The molecular formula is C18H17FN2O. The molecule has 0 aliphatic heterocycles. The molecule has 0 saturated carbocycles. The molecule has 1 amide bonds. The van der Waals surface area contributed by atoms with Gasteiger partial charge in [-0.1, -0.05) is 17.7 Å². The number of hydrogen-bond donors (Lipinski definition) is 1. The fourth-order valence-electron chi connectivity index (χ4n) is 2.61. The smallest absolute Gasteiger partial charge is 0.244 e. The Bertz CT molecular complexity index is 851. The van der Waals surface area contributed by atoms with Crippen LogP contribution >= 0.6 is 0 Å². The van der Waals surface area contributed by atoms with Crippen LogP contribution in [0.3, 0.4) is 0 Å². The van der Waals surface area contributed by atoms with Crippen LogP contribution in [0.5, 0.6) is 0 Å². The Labute approximate surface area is 128 Å². The van der Waals surface area contributed by atoms with Crippen molar-refractivity contribution < 1.29 is 9.18 Å². The predicted octanol–water partition coefficient (Wildman–Crippen LogP) is 4.04. The van der Waals surface area contributed by atoms with Crippen LogP contribution < -0.4 is 5.32 Å². The molecule has 0 radical (unpaired) electrons. The van der Waals surface area contributed by atoms with Gasteiger partial charge in [0.1, 0.15) is 12.4 Å². The zero-order valence-electron chi connectivity index (χ0n) is 12.6. The average molecular weight is 296 g/mol. The van der Waals surface area contributed by atoms with Crippen molar-refractivity contribution in [2.75, 3.05) is 5.32 Å². The number of carbonyl (C=O) groups excluding carboxylic acids is 1. The molecule has 3 aromatic rings. The number of fused-ring (bicyclic) bond motifs is 1. The van der Waals surface area contributed by atoms with Gasteiger partial charge in [-0.25, -0.2) is 4.39 Å². The Hall–Kier alpha value is -2.62. The van der Waals surface area contributed by atoms with Crippen molar-refractivity contribution in [3.63, 3.8) is 0 Å². The summed E-state index contributed by atoms with van der Waals surface area (Å²) in [7, 11) is 0. The molecule has 0 unspecified atom stereocenters. The second kappa shape index (κ2) is 5.64. The summed E-state index contributed by atoms with van der Waals surface area (Å²) in [5.41, 5.74) is 3.86. The van der Waals surface area contributed by atoms with Gasteiger partial charge in [-0.15, -0.1) is 0 Å². The van der Waals surface area contributed by atoms with Gasteiger partial charge in [-0.3, -0.25) is 4.79 Å². The summed E-state index contributed by atoms with van der Waals surface area (Å²) in [5.74, 6) is -0.376. The number of aromatic nitrogens is 1. The number of carbonyl (C=O) groups is 1. The maximum atomic E-state index is 13.2. The van der Waals surface area contributed by atoms with Crippen LogP contribution in [0.1, 0.15) is 11.1 Å². The molecule has 112 valence electrons. The molecule has 1 heterocycles. The van der Waals surface area contributed by atoms with Crippen molar-refractivity contribution in [2.24, 2.45) is 0 Å². The molecule has 3 nitrogen and oxygen atoms in total. The summed E-state index contributed by atoms with van der Waals surface area (Å²) in [6.07, 6.45) is 1.80. The van der Waals surface area contributed by atoms with Crippen molar-refractivity contribution >= 4 is 22.5 Å². The first-order valence-electron chi connectivity index (χ1n) is 7.14. The Morgan fingerprint density at radius 2 is 1.95 bits per heavy atom. The number of amides is 1. The minimum atomic E-state index is -0.273. The van der Waals surface area contributed by atoms with Crippen LogP contribution in [0.4, 0.5) is 10.1 Å². The van der Waals surface area contributed by atoms with E-state index in [0.29, 0.717) is 0 Å². The molecule has 0 bridgehead atoms. The highest BCUT2D eigenvalue weighted by molar-refractivity contribution is 5.92. The summed E-state index contributed by atoms with van der Waals surface area (Å²) in [5, 5.41) is 3.71. The van der Waals surface area contributed by atoms with Gasteiger partial charge in [0.05, 0.1) is 0 Å². The lowest BCUT2D eigenvalue weighted by Crippen LogP contribution is -2.18. The van der Waals surface area contributed by atoms with Gasteiger partial charge in [-0.05, 0) is 49.7 Å². The van der Waals surface area contributed by atoms with Crippen molar-refractivity contribution in [3.05, 3.63) is 65.6 Å². The first-order valence-corrected chi connectivity index (χ1v) is 7.14. The quantitative estimate of drug-likeness (QED) is 0.777. The number of nitrogens with zero attached hydrogens (tertiary/aromatic N) is 1. The minimum absolute atomic E-state index is 0.103. The van der Waals surface area contributed by atoms with Gasteiger partial charge in [0.2, 0.25) is 5.91 Å². The largest absolute Gasteiger partial charge is 0.338 e. The van der Waals surface area contributed by atoms with Crippen LogP contribution in [0.15, 0.2) is 48.7 Å². The van der Waals surface area contributed by atoms with E-state index >= 15 is 0 Å². The minimum Gasteiger partial charge on any atom is -0.338 e. The highest BCUT2D eigenvalue weighted by atomic mass is 19.1. The van der Waals surface area contributed by atoms with E-state index < -0.39 is 0 Å². The fraction of sp³-hybridized carbons (Fsp3) is 0.167. The van der Waals surface area contributed by atoms with Gasteiger partial charge in [-0.2, -0.15) is 0 Å². The molecule has 0 atom stereocenters. The van der Waals surface area contributed by atoms with Crippen molar-refractivity contribution in [1.29, 1.82) is 0 Å². The highest BCUT2D eigenvalue weighted by Gasteiger charge is 2.08. The first-order chi connectivity index (χ1) is 10.5. The number of benzene rings is 2. The van der Waals surface area contributed by atoms with Gasteiger partial charge >= 0.3 is 0 Å². The number of aryl methyl sites for hydroxylation is 2. The molecular weight excluding hydrogens is 279 g/mol. The van der Waals surface area contributed by atoms with Crippen LogP contribution in [-0.4, -0.2) is 10.5 Å². The van der Waals surface area contributed by atoms with E-state index in [4.69, 9.17) is 0 Å². The lowest BCUT2D eigenvalue weighted by Gasteiger charge is -2.10. The van der Waals surface area contributed by atoms with Gasteiger partial charge in [0.15, 0.2) is 0 Å². The Kier molecular flexibility index (Phi) is 3.67. The normalized spacial score (nSPS) is 10.9. The van der Waals surface area contributed by atoms with Gasteiger partial charge in [0, 0.05) is 22.8 Å². The molecule has 0 saturated heterocycles. The third kappa shape index (κ3) is 2.86. The van der Waals surface area contributed by atoms with E-state index in [2.05, 4.69) is 5.32 Å². The average Bonchev–Trinajstić information content (AvgIpc) is 2.84. The lowest BCUT2D eigenvalue weighted by atomic mass is 10.1. The van der Waals surface area contributed by atoms with Gasteiger partial charge in [0.25, 0.3) is 0 Å². The molecule has 3 rings (SSSR count). The summed E-state index contributed by atoms with van der Waals surface area (Å²) in [6, 6.07) is 12.3. The highest BCUT2D eigenvalue weighted by Crippen LogP contribution is 2.18. The van der Waals surface area contributed by atoms with E-state index in [9.17, 15) is 9.18 Å². The van der Waals surface area contributed by atoms with Crippen molar-refractivity contribution in [3.8, 4) is 0 Å². The number of anilines is 1. The third-order valence-corrected chi connectivity index (χ3v) is 3.70. The number of nitrogens with one attached hydrogen (secondary N) is 1. The maximum absolute atomic E-state index is 13.2. The van der Waals surface area contributed by atoms with Crippen LogP contribution in [0.2, 0.25) is 0 Å². The monoisotopic (exact) mass is 296 g/mol. The number of halogens is 1. The Balaban J connectivity index is 1.78. The SMILES string of the molecule is Cc1ccc(NC(=O)Cn2ccc3cc(F)ccc32)c(C)c1. The van der Waals surface area contributed by atoms with Crippen molar-refractivity contribution in [1.82, 2.24) is 4.57 Å². The summed E-state index contributed by atoms with van der Waals surface area (Å²) in [6.45, 7) is 4.18. The van der Waals surface area contributed by atoms with Crippen LogP contribution in [-0.2, 0) is 11.3 Å². The van der Waals surface area contributed by atoms with Crippen LogP contribution in [0.25, 0.3) is 10.9 Å². The predicted molar refractivity (Wildman–Crippen MR) is 86.4 cm³/mol. The van der Waals surface area contributed by atoms with Gasteiger partial charge < -0.3 is 9.88 Å². The maximum Gasteiger partial charge on any atom is 0.244 e. The molecule has 22 heavy (non-hydrogen) atoms. The van der Waals surface area contributed by atoms with Crippen LogP contribution in [0, 0.1) is 19.7 Å². The summed E-state index contributed by atoms with van der Waals surface area (Å²) < 4.78 is 15.0. The second-order valence-electron chi connectivity index (χ2n) is 5.51. The zero-order valence-corrected chi connectivity index (χ0v) is 12.6. The molecule has 2 aromatic carbocycles. The lowest BCUT2D eigenvalue weighted by molar-refractivity contribution is -0.116. The van der Waals surface area contributed by atoms with E-state index in [-0.39, 0.29) is 18.3 Å². The topological polar surface area (TPSA) is 34.0 Å². The molecule has 4 heteroatoms. The van der Waals surface area contributed by atoms with E-state index in [1.165, 1.54) is 12.1 Å². The standard InChI is InChI=1S/C18H17FN2O/c1-12-3-5-16(13(2)9-12)20-18(22)11-21-8-7-14-10-15(19)4-6-17(14)21/h3-10H,11H2,1-2H3,(H,20,22). The third-order valence-electron chi connectivity index (χ3n) is 3.70. The van der Waals surface area contributed by atoms with E-state index in [1.807, 2.05) is 42.7 Å². The Morgan fingerprint density at radius 1 is 1.14 bits per heavy atom. The molecule has 0 fully saturated rings. The molecule has 1 aromatic heterocycles. The zero-order chi connectivity index (χ0) is 15.7. The molecule has 0 aliphatic rings. The van der Waals surface area contributed by atoms with E-state index in [0.717, 1.165) is 27.7 Å². The van der Waals surface area contributed by atoms with Crippen molar-refractivity contribution in [2.45, 2.75) is 20.4 Å². The number of hydrogen-bond acceptors (Lipinski definition) is 1. The molecule has 0 aliphatic carbocycles. The number of rotatable bonds is 3. The first kappa shape index (κ1) is 14.3. The fourth-order valence-corrected chi connectivity index (χ4v) is 2.61. The Morgan fingerprint density at radius 3 is 2.73 bits per heavy atom. The summed E-state index contributed by atoms with van der Waals surface area (Å²) >= 11 is 0. The molecule has 0 spiro atoms. The molecule has 1 N–H and O–H groups in total. The second-order valence-corrected chi connectivity index (χ2v) is 5.51. The summed E-state index contributed by atoms with van der Waals surface area (Å²) in [4.78, 5) is 12.2. The van der Waals surface area contributed by atoms with E-state index in [1.54, 1.807) is 12.3 Å².